The Kier molecular flexibility index (Phi) is 7.41. The number of aryl methyl sites for hydroxylation is 1. The number of hydrogen-bond acceptors (Lipinski definition) is 7. The van der Waals surface area contributed by atoms with E-state index in [2.05, 4.69) is 26.0 Å². The van der Waals surface area contributed by atoms with Gasteiger partial charge in [-0.25, -0.2) is 14.8 Å². The third-order valence-corrected chi connectivity index (χ3v) is 5.89. The Morgan fingerprint density at radius 2 is 1.76 bits per heavy atom. The lowest BCUT2D eigenvalue weighted by Crippen LogP contribution is -2.38. The number of carbonyl (C=O) groups excluding carboxylic acids is 1. The molecule has 1 amide bonds. The molecule has 0 spiro atoms. The Hall–Kier alpha value is -4.42. The van der Waals surface area contributed by atoms with Gasteiger partial charge in [-0.05, 0) is 31.0 Å². The van der Waals surface area contributed by atoms with Crippen LogP contribution in [0.5, 0.6) is 0 Å². The number of nitrogens with zero attached hydrogens (tertiary/aromatic N) is 7. The number of alkyl halides is 3. The molecule has 0 aliphatic carbocycles. The van der Waals surface area contributed by atoms with Gasteiger partial charge in [0.05, 0.1) is 23.7 Å². The topological polar surface area (TPSA) is 127 Å². The summed E-state index contributed by atoms with van der Waals surface area (Å²) in [6, 6.07) is 6.05. The highest BCUT2D eigenvalue weighted by molar-refractivity contribution is 5.92. The van der Waals surface area contributed by atoms with E-state index >= 15 is 0 Å². The minimum atomic E-state index is -5.08. The summed E-state index contributed by atoms with van der Waals surface area (Å²) < 4.78 is 33.8. The number of imidazole rings is 1. The van der Waals surface area contributed by atoms with Crippen LogP contribution < -0.4 is 0 Å². The maximum atomic E-state index is 12.7. The molecule has 0 saturated carbocycles. The van der Waals surface area contributed by atoms with Gasteiger partial charge in [-0.2, -0.15) is 13.2 Å². The van der Waals surface area contributed by atoms with Crippen LogP contribution in [0, 0.1) is 0 Å². The van der Waals surface area contributed by atoms with Crippen molar-refractivity contribution < 1.29 is 27.9 Å². The lowest BCUT2D eigenvalue weighted by atomic mass is 9.92. The van der Waals surface area contributed by atoms with Crippen molar-refractivity contribution in [3.63, 3.8) is 0 Å². The summed E-state index contributed by atoms with van der Waals surface area (Å²) in [5, 5.41) is 7.12. The quantitative estimate of drug-likeness (QED) is 0.441. The second-order valence-corrected chi connectivity index (χ2v) is 8.32. The molecule has 37 heavy (non-hydrogen) atoms. The van der Waals surface area contributed by atoms with Crippen LogP contribution in [0.15, 0.2) is 55.5 Å². The number of hydrogen-bond donors (Lipinski definition) is 1. The van der Waals surface area contributed by atoms with Crippen molar-refractivity contribution in [2.45, 2.75) is 24.9 Å². The monoisotopic (exact) mass is 513 g/mol. The fourth-order valence-corrected chi connectivity index (χ4v) is 4.01. The van der Waals surface area contributed by atoms with Crippen LogP contribution in [0.3, 0.4) is 0 Å². The summed E-state index contributed by atoms with van der Waals surface area (Å²) in [7, 11) is 1.99. The highest BCUT2D eigenvalue weighted by Crippen LogP contribution is 2.33. The number of carboxylic acid groups (broad SMARTS) is 1. The van der Waals surface area contributed by atoms with E-state index < -0.39 is 12.1 Å². The molecule has 1 N–H and O–H groups in total. The average Bonchev–Trinajstić information content (AvgIpc) is 3.29. The van der Waals surface area contributed by atoms with Crippen molar-refractivity contribution in [2.24, 2.45) is 7.05 Å². The van der Waals surface area contributed by atoms with Gasteiger partial charge in [0.1, 0.15) is 11.2 Å². The van der Waals surface area contributed by atoms with Crippen molar-refractivity contribution >= 4 is 22.9 Å². The molecule has 10 nitrogen and oxygen atoms in total. The average molecular weight is 513 g/mol. The van der Waals surface area contributed by atoms with E-state index in [0.29, 0.717) is 18.8 Å². The number of amides is 1. The number of carboxylic acids is 1. The molecule has 0 radical (unpaired) electrons. The van der Waals surface area contributed by atoms with Crippen LogP contribution in [-0.2, 0) is 11.8 Å². The molecular weight excluding hydrogens is 491 g/mol. The fraction of sp³-hybridized carbons (Fsp3) is 0.292. The summed E-state index contributed by atoms with van der Waals surface area (Å²) in [6.07, 6.45) is 6.67. The number of fused-ring (bicyclic) bond motifs is 1. The molecule has 0 aromatic carbocycles. The molecule has 192 valence electrons. The van der Waals surface area contributed by atoms with Crippen LogP contribution >= 0.6 is 0 Å². The predicted octanol–water partition coefficient (Wildman–Crippen LogP) is 3.47. The first-order valence-corrected chi connectivity index (χ1v) is 11.2. The zero-order chi connectivity index (χ0) is 26.6. The molecule has 5 rings (SSSR count). The summed E-state index contributed by atoms with van der Waals surface area (Å²) in [6.45, 7) is 1.35. The molecule has 1 fully saturated rings. The van der Waals surface area contributed by atoms with Gasteiger partial charge in [0.15, 0.2) is 0 Å². The molecule has 4 aromatic heterocycles. The normalized spacial score (nSPS) is 14.2. The summed E-state index contributed by atoms with van der Waals surface area (Å²) >= 11 is 0. The SMILES string of the molecule is Cn1cnc2c(-c3cccnc3)nc(C3CCN(C(=O)c4cnccn4)CC3)cc21.O=C(O)C(F)(F)F. The standard InChI is InChI=1S/C22H21N7O.C2HF3O2/c1-28-14-26-21-19(28)11-17(27-20(21)16-3-2-6-23-12-16)15-4-9-29(10-5-15)22(30)18-13-24-7-8-25-18;3-2(4,5)1(6)7/h2-3,6-8,11-15H,4-5,9-10H2,1H3;(H,6,7). The Labute approximate surface area is 208 Å². The maximum Gasteiger partial charge on any atom is 0.490 e. The second-order valence-electron chi connectivity index (χ2n) is 8.32. The van der Waals surface area contributed by atoms with Crippen LogP contribution in [0.4, 0.5) is 13.2 Å². The van der Waals surface area contributed by atoms with E-state index in [9.17, 15) is 18.0 Å². The van der Waals surface area contributed by atoms with E-state index in [-0.39, 0.29) is 11.8 Å². The molecule has 1 aliphatic heterocycles. The highest BCUT2D eigenvalue weighted by atomic mass is 19.4. The summed E-state index contributed by atoms with van der Waals surface area (Å²) in [5.74, 6) is -2.54. The Balaban J connectivity index is 0.000000405. The zero-order valence-electron chi connectivity index (χ0n) is 19.6. The molecule has 0 bridgehead atoms. The van der Waals surface area contributed by atoms with Gasteiger partial charge in [0, 0.05) is 62.1 Å². The first kappa shape index (κ1) is 25.7. The molecule has 0 unspecified atom stereocenters. The Morgan fingerprint density at radius 1 is 1.05 bits per heavy atom. The highest BCUT2D eigenvalue weighted by Gasteiger charge is 2.38. The van der Waals surface area contributed by atoms with E-state index in [1.54, 1.807) is 18.6 Å². The lowest BCUT2D eigenvalue weighted by Gasteiger charge is -2.31. The lowest BCUT2D eigenvalue weighted by molar-refractivity contribution is -0.192. The largest absolute Gasteiger partial charge is 0.490 e. The predicted molar refractivity (Wildman–Crippen MR) is 125 cm³/mol. The molecule has 13 heteroatoms. The summed E-state index contributed by atoms with van der Waals surface area (Å²) in [5.41, 5.74) is 5.18. The first-order chi connectivity index (χ1) is 17.6. The van der Waals surface area contributed by atoms with Crippen molar-refractivity contribution in [1.82, 2.24) is 34.4 Å². The molecule has 0 atom stereocenters. The third kappa shape index (κ3) is 5.88. The van der Waals surface area contributed by atoms with Gasteiger partial charge in [0.25, 0.3) is 5.91 Å². The van der Waals surface area contributed by atoms with E-state index in [0.717, 1.165) is 40.8 Å². The number of pyridine rings is 2. The number of aromatic nitrogens is 6. The van der Waals surface area contributed by atoms with Crippen molar-refractivity contribution in [3.05, 3.63) is 66.9 Å². The van der Waals surface area contributed by atoms with E-state index in [1.807, 2.05) is 41.2 Å². The van der Waals surface area contributed by atoms with Crippen LogP contribution in [0.25, 0.3) is 22.3 Å². The second kappa shape index (κ2) is 10.7. The molecule has 1 saturated heterocycles. The molecular formula is C24H22F3N7O3. The molecule has 5 heterocycles. The van der Waals surface area contributed by atoms with Crippen molar-refractivity contribution in [2.75, 3.05) is 13.1 Å². The minimum Gasteiger partial charge on any atom is -0.475 e. The van der Waals surface area contributed by atoms with Crippen LogP contribution in [0.2, 0.25) is 0 Å². The maximum absolute atomic E-state index is 12.7. The number of halogens is 3. The number of carbonyl (C=O) groups is 2. The van der Waals surface area contributed by atoms with Gasteiger partial charge in [-0.1, -0.05) is 0 Å². The van der Waals surface area contributed by atoms with Crippen molar-refractivity contribution in [1.29, 1.82) is 0 Å². The third-order valence-electron chi connectivity index (χ3n) is 5.89. The van der Waals surface area contributed by atoms with Gasteiger partial charge >= 0.3 is 12.1 Å². The van der Waals surface area contributed by atoms with Gasteiger partial charge < -0.3 is 14.6 Å². The van der Waals surface area contributed by atoms with Gasteiger partial charge in [0.2, 0.25) is 0 Å². The number of piperidine rings is 1. The van der Waals surface area contributed by atoms with Gasteiger partial charge in [-0.3, -0.25) is 19.7 Å². The number of likely N-dealkylation sites (tertiary alicyclic amines) is 1. The van der Waals surface area contributed by atoms with E-state index in [1.165, 1.54) is 6.20 Å². The zero-order valence-corrected chi connectivity index (χ0v) is 19.6. The van der Waals surface area contributed by atoms with Crippen LogP contribution in [0.1, 0.15) is 34.9 Å². The number of rotatable bonds is 3. The van der Waals surface area contributed by atoms with Gasteiger partial charge in [-0.15, -0.1) is 0 Å². The molecule has 1 aliphatic rings. The fourth-order valence-electron chi connectivity index (χ4n) is 4.01. The van der Waals surface area contributed by atoms with Crippen molar-refractivity contribution in [3.8, 4) is 11.3 Å². The minimum absolute atomic E-state index is 0.0624. The smallest absolute Gasteiger partial charge is 0.475 e. The number of aliphatic carboxylic acids is 1. The summed E-state index contributed by atoms with van der Waals surface area (Å²) in [4.78, 5) is 45.3. The first-order valence-electron chi connectivity index (χ1n) is 11.2. The Bertz CT molecular complexity index is 1390. The van der Waals surface area contributed by atoms with E-state index in [4.69, 9.17) is 14.9 Å². The molecule has 4 aromatic rings. The van der Waals surface area contributed by atoms with Crippen LogP contribution in [-0.4, -0.2) is 70.6 Å². The Morgan fingerprint density at radius 3 is 2.35 bits per heavy atom.